The van der Waals surface area contributed by atoms with E-state index in [4.69, 9.17) is 5.11 Å². The summed E-state index contributed by atoms with van der Waals surface area (Å²) < 4.78 is 40.0. The molecule has 2 aromatic heterocycles. The molecule has 11 heteroatoms. The third-order valence-electron chi connectivity index (χ3n) is 6.04. The first-order valence-corrected chi connectivity index (χ1v) is 11.8. The number of aryl methyl sites for hydroxylation is 1. The van der Waals surface area contributed by atoms with Gasteiger partial charge in [-0.25, -0.2) is 14.8 Å². The van der Waals surface area contributed by atoms with Crippen LogP contribution in [0.4, 0.5) is 18.0 Å². The second kappa shape index (κ2) is 11.3. The summed E-state index contributed by atoms with van der Waals surface area (Å²) in [6.45, 7) is 3.40. The number of benzene rings is 2. The van der Waals surface area contributed by atoms with Crippen molar-refractivity contribution < 1.29 is 27.9 Å². The second-order valence-corrected chi connectivity index (χ2v) is 8.79. The Morgan fingerprint density at radius 2 is 1.62 bits per heavy atom. The molecule has 0 aliphatic rings. The van der Waals surface area contributed by atoms with Crippen molar-refractivity contribution in [1.29, 1.82) is 0 Å². The average Bonchev–Trinajstić information content (AvgIpc) is 2.91. The van der Waals surface area contributed by atoms with Crippen molar-refractivity contribution >= 4 is 12.0 Å². The molecular formula is C28H24F3N5O3. The number of nitrogens with one attached hydrogen (secondary N) is 2. The van der Waals surface area contributed by atoms with E-state index in [1.54, 1.807) is 62.6 Å². The lowest BCUT2D eigenvalue weighted by atomic mass is 9.95. The minimum Gasteiger partial charge on any atom is -0.465 e. The second-order valence-electron chi connectivity index (χ2n) is 8.79. The molecule has 2 heterocycles. The lowest BCUT2D eigenvalue weighted by Crippen LogP contribution is -2.27. The normalized spacial score (nSPS) is 12.0. The lowest BCUT2D eigenvalue weighted by molar-refractivity contribution is -0.137. The Labute approximate surface area is 222 Å². The molecule has 200 valence electrons. The molecule has 2 aromatic carbocycles. The largest absolute Gasteiger partial charge is 0.465 e. The molecule has 0 radical (unpaired) electrons. The zero-order chi connectivity index (χ0) is 28.2. The predicted molar refractivity (Wildman–Crippen MR) is 138 cm³/mol. The summed E-state index contributed by atoms with van der Waals surface area (Å²) in [5.41, 5.74) is 2.68. The van der Waals surface area contributed by atoms with E-state index >= 15 is 0 Å². The number of alkyl halides is 3. The van der Waals surface area contributed by atoms with Crippen molar-refractivity contribution in [2.75, 3.05) is 0 Å². The topological polar surface area (TPSA) is 117 Å². The highest BCUT2D eigenvalue weighted by atomic mass is 19.4. The zero-order valence-electron chi connectivity index (χ0n) is 21.0. The van der Waals surface area contributed by atoms with Gasteiger partial charge in [-0.15, -0.1) is 0 Å². The highest BCUT2D eigenvalue weighted by Crippen LogP contribution is 2.34. The van der Waals surface area contributed by atoms with Gasteiger partial charge in [0.2, 0.25) is 0 Å². The fourth-order valence-corrected chi connectivity index (χ4v) is 3.93. The quantitative estimate of drug-likeness (QED) is 0.276. The molecule has 0 spiro atoms. The van der Waals surface area contributed by atoms with E-state index in [2.05, 4.69) is 25.6 Å². The third-order valence-corrected chi connectivity index (χ3v) is 6.04. The van der Waals surface area contributed by atoms with Crippen molar-refractivity contribution in [2.24, 2.45) is 0 Å². The first-order valence-electron chi connectivity index (χ1n) is 11.8. The number of rotatable bonds is 7. The minimum atomic E-state index is -4.55. The van der Waals surface area contributed by atoms with Gasteiger partial charge >= 0.3 is 12.3 Å². The van der Waals surface area contributed by atoms with E-state index in [9.17, 15) is 22.8 Å². The van der Waals surface area contributed by atoms with Crippen LogP contribution in [0.1, 0.15) is 46.0 Å². The number of aromatic nitrogens is 3. The van der Waals surface area contributed by atoms with Gasteiger partial charge in [0.1, 0.15) is 11.5 Å². The lowest BCUT2D eigenvalue weighted by Gasteiger charge is -2.17. The molecule has 0 bridgehead atoms. The smallest absolute Gasteiger partial charge is 0.416 e. The molecular weight excluding hydrogens is 511 g/mol. The van der Waals surface area contributed by atoms with Crippen LogP contribution in [0.5, 0.6) is 0 Å². The van der Waals surface area contributed by atoms with Crippen molar-refractivity contribution in [1.82, 2.24) is 25.6 Å². The molecule has 1 atom stereocenters. The van der Waals surface area contributed by atoms with Gasteiger partial charge < -0.3 is 15.7 Å². The van der Waals surface area contributed by atoms with Crippen molar-refractivity contribution in [2.45, 2.75) is 32.6 Å². The van der Waals surface area contributed by atoms with Crippen LogP contribution in [-0.4, -0.2) is 32.1 Å². The number of hydrogen-bond acceptors (Lipinski definition) is 5. The fourth-order valence-electron chi connectivity index (χ4n) is 3.93. The number of carbonyl (C=O) groups is 2. The Morgan fingerprint density at radius 3 is 2.26 bits per heavy atom. The van der Waals surface area contributed by atoms with Gasteiger partial charge in [0.05, 0.1) is 11.6 Å². The van der Waals surface area contributed by atoms with Crippen molar-refractivity contribution in [3.8, 4) is 22.3 Å². The number of hydrogen-bond donors (Lipinski definition) is 3. The Bertz CT molecular complexity index is 1490. The first kappa shape index (κ1) is 27.2. The minimum absolute atomic E-state index is 0.155. The molecule has 0 fully saturated rings. The molecule has 4 rings (SSSR count). The monoisotopic (exact) mass is 535 g/mol. The third kappa shape index (κ3) is 6.75. The van der Waals surface area contributed by atoms with E-state index in [0.717, 1.165) is 23.3 Å². The highest BCUT2D eigenvalue weighted by Gasteiger charge is 2.31. The Hall–Kier alpha value is -4.80. The highest BCUT2D eigenvalue weighted by molar-refractivity contribution is 5.93. The van der Waals surface area contributed by atoms with Crippen molar-refractivity contribution in [3.63, 3.8) is 0 Å². The molecule has 0 aliphatic carbocycles. The van der Waals surface area contributed by atoms with E-state index in [1.165, 1.54) is 12.3 Å². The molecule has 2 amide bonds. The number of nitrogens with zero attached hydrogens (tertiary/aromatic N) is 3. The Balaban J connectivity index is 1.52. The zero-order valence-corrected chi connectivity index (χ0v) is 21.0. The number of carboxylic acid groups (broad SMARTS) is 1. The maximum Gasteiger partial charge on any atom is 0.416 e. The molecule has 3 N–H and O–H groups in total. The molecule has 0 saturated heterocycles. The van der Waals surface area contributed by atoms with Gasteiger partial charge in [-0.2, -0.15) is 13.2 Å². The van der Waals surface area contributed by atoms with Crippen LogP contribution in [-0.2, 0) is 12.7 Å². The molecule has 39 heavy (non-hydrogen) atoms. The Morgan fingerprint density at radius 1 is 0.923 bits per heavy atom. The SMILES string of the molecule is Cc1ncc(-c2ccnc(C(=O)N[C@H](C)c3ccc(-c4cc(C(F)(F)F)ccc4CNC(=O)O)cc3)c2)cn1. The van der Waals surface area contributed by atoms with Gasteiger partial charge in [-0.1, -0.05) is 30.3 Å². The number of halogens is 3. The summed E-state index contributed by atoms with van der Waals surface area (Å²) in [4.78, 5) is 36.3. The van der Waals surface area contributed by atoms with Crippen LogP contribution < -0.4 is 10.6 Å². The standard InChI is InChI=1S/C28H24F3N5O3/c1-16(36-26(37)25-11-20(9-10-32-25)22-14-33-17(2)34-15-22)18-3-5-19(6-4-18)24-12-23(28(29,30)31)8-7-21(24)13-35-27(38)39/h3-12,14-16,35H,13H2,1-2H3,(H,36,37)(H,38,39)/t16-/m1/s1. The van der Waals surface area contributed by atoms with Gasteiger partial charge in [-0.3, -0.25) is 9.78 Å². The molecule has 0 saturated carbocycles. The first-order chi connectivity index (χ1) is 18.5. The summed E-state index contributed by atoms with van der Waals surface area (Å²) in [5.74, 6) is 0.230. The van der Waals surface area contributed by atoms with E-state index < -0.39 is 29.8 Å². The number of pyridine rings is 1. The number of carbonyl (C=O) groups excluding carboxylic acids is 1. The van der Waals surface area contributed by atoms with Crippen LogP contribution >= 0.6 is 0 Å². The fraction of sp³-hybridized carbons (Fsp3) is 0.179. The van der Waals surface area contributed by atoms with Crippen LogP contribution in [0.15, 0.2) is 73.2 Å². The summed E-state index contributed by atoms with van der Waals surface area (Å²) in [7, 11) is 0. The predicted octanol–water partition coefficient (Wildman–Crippen LogP) is 5.79. The van der Waals surface area contributed by atoms with E-state index in [-0.39, 0.29) is 17.8 Å². The van der Waals surface area contributed by atoms with Gasteiger partial charge in [0.25, 0.3) is 5.91 Å². The van der Waals surface area contributed by atoms with Crippen LogP contribution in [0.2, 0.25) is 0 Å². The molecule has 8 nitrogen and oxygen atoms in total. The van der Waals surface area contributed by atoms with Crippen LogP contribution in [0.25, 0.3) is 22.3 Å². The maximum atomic E-state index is 13.3. The Kier molecular flexibility index (Phi) is 7.89. The number of amides is 2. The van der Waals surface area contributed by atoms with Gasteiger partial charge in [0.15, 0.2) is 0 Å². The summed E-state index contributed by atoms with van der Waals surface area (Å²) in [5, 5.41) is 14.0. The summed E-state index contributed by atoms with van der Waals surface area (Å²) >= 11 is 0. The van der Waals surface area contributed by atoms with Crippen LogP contribution in [0.3, 0.4) is 0 Å². The van der Waals surface area contributed by atoms with E-state index in [1.807, 2.05) is 0 Å². The average molecular weight is 536 g/mol. The maximum absolute atomic E-state index is 13.3. The molecule has 0 unspecified atom stereocenters. The molecule has 0 aliphatic heterocycles. The van der Waals surface area contributed by atoms with Crippen LogP contribution in [0, 0.1) is 6.92 Å². The van der Waals surface area contributed by atoms with Gasteiger partial charge in [0, 0.05) is 30.7 Å². The summed E-state index contributed by atoms with van der Waals surface area (Å²) in [6.07, 6.45) is -0.985. The van der Waals surface area contributed by atoms with Gasteiger partial charge in [-0.05, 0) is 65.9 Å². The summed E-state index contributed by atoms with van der Waals surface area (Å²) in [6, 6.07) is 12.8. The van der Waals surface area contributed by atoms with E-state index in [0.29, 0.717) is 22.5 Å². The molecule has 4 aromatic rings. The van der Waals surface area contributed by atoms with Crippen molar-refractivity contribution in [3.05, 3.63) is 101 Å².